The number of aromatic amines is 2. The fourth-order valence-electron chi connectivity index (χ4n) is 12.1. The summed E-state index contributed by atoms with van der Waals surface area (Å²) in [4.78, 5) is 76.9. The number of carbonyl (C=O) groups is 3. The summed E-state index contributed by atoms with van der Waals surface area (Å²) < 4.78 is 46.7. The van der Waals surface area contributed by atoms with Gasteiger partial charge in [0.25, 0.3) is 11.8 Å². The molecule has 20 nitrogen and oxygen atoms in total. The number of fused-ring (bicyclic) bond motifs is 6. The Kier molecular flexibility index (Phi) is 22.7. The first-order valence-electron chi connectivity index (χ1n) is 33.0. The van der Waals surface area contributed by atoms with Gasteiger partial charge in [-0.15, -0.1) is 11.6 Å². The highest BCUT2D eigenvalue weighted by Crippen LogP contribution is 2.37. The number of ether oxygens (including phenoxy) is 1. The lowest BCUT2D eigenvalue weighted by Crippen LogP contribution is -2.23. The van der Waals surface area contributed by atoms with E-state index in [1.807, 2.05) is 63.2 Å². The summed E-state index contributed by atoms with van der Waals surface area (Å²) >= 11 is 18.1. The summed E-state index contributed by atoms with van der Waals surface area (Å²) in [5, 5.41) is 38.6. The number of nitrogens with two attached hydrogens (primary N) is 1. The van der Waals surface area contributed by atoms with Crippen molar-refractivity contribution in [1.29, 1.82) is 15.8 Å². The number of methoxy groups -OCH3 is 1. The van der Waals surface area contributed by atoms with Crippen molar-refractivity contribution in [2.75, 3.05) is 7.11 Å². The largest absolute Gasteiger partial charge is 0.465 e. The Morgan fingerprint density at radius 3 is 1.49 bits per heavy atom. The smallest absolute Gasteiger partial charge is 0.337 e. The van der Waals surface area contributed by atoms with Crippen LogP contribution in [0.3, 0.4) is 0 Å². The summed E-state index contributed by atoms with van der Waals surface area (Å²) in [6.07, 6.45) is 16.0. The highest BCUT2D eigenvalue weighted by atomic mass is 35.5. The van der Waals surface area contributed by atoms with Crippen molar-refractivity contribution < 1.29 is 32.3 Å². The first kappa shape index (κ1) is 73.9. The lowest BCUT2D eigenvalue weighted by molar-refractivity contribution is 0.0600. The van der Waals surface area contributed by atoms with E-state index in [2.05, 4.69) is 78.7 Å². The first-order valence-corrected chi connectivity index (χ1v) is 34.2. The van der Waals surface area contributed by atoms with E-state index in [9.17, 15) is 43.3 Å². The second-order valence-electron chi connectivity index (χ2n) is 25.0. The third-order valence-electron chi connectivity index (χ3n) is 17.2. The summed E-state index contributed by atoms with van der Waals surface area (Å²) in [5.74, 6) is -2.53. The van der Waals surface area contributed by atoms with Crippen LogP contribution in [0.5, 0.6) is 0 Å². The molecule has 9 aromatic heterocycles. The quantitative estimate of drug-likeness (QED) is 0.0384. The van der Waals surface area contributed by atoms with Crippen molar-refractivity contribution in [2.45, 2.75) is 65.0 Å². The zero-order valence-corrected chi connectivity index (χ0v) is 59.7. The van der Waals surface area contributed by atoms with Crippen LogP contribution in [0.25, 0.3) is 54.6 Å². The van der Waals surface area contributed by atoms with Crippen molar-refractivity contribution in [3.63, 3.8) is 0 Å². The van der Waals surface area contributed by atoms with Crippen LogP contribution in [0.2, 0.25) is 10.0 Å². The van der Waals surface area contributed by atoms with Gasteiger partial charge in [-0.3, -0.25) is 44.5 Å². The van der Waals surface area contributed by atoms with Crippen molar-refractivity contribution in [3.8, 4) is 18.2 Å². The van der Waals surface area contributed by atoms with Gasteiger partial charge in [-0.05, 0) is 169 Å². The monoisotopic (exact) mass is 1480 g/mol. The van der Waals surface area contributed by atoms with E-state index in [4.69, 9.17) is 45.3 Å². The number of aliphatic imine (C=N–C) groups is 1. The number of aromatic nitrogens is 9. The number of H-pyrrole nitrogens is 2. The maximum atomic E-state index is 14.4. The molecule has 14 aromatic rings. The molecule has 1 unspecified atom stereocenters. The molecule has 1 aliphatic rings. The third-order valence-corrected chi connectivity index (χ3v) is 18.2. The Balaban J connectivity index is 0.000000140. The normalized spacial score (nSPS) is 11.9. The van der Waals surface area contributed by atoms with Gasteiger partial charge >= 0.3 is 5.97 Å². The molecule has 5 aromatic carbocycles. The van der Waals surface area contributed by atoms with E-state index < -0.39 is 17.7 Å². The molecule has 15 rings (SSSR count). The molecule has 10 heterocycles. The third kappa shape index (κ3) is 17.4. The molecule has 1 atom stereocenters. The van der Waals surface area contributed by atoms with Crippen LogP contribution in [0, 0.1) is 72.3 Å². The first-order chi connectivity index (χ1) is 51.6. The molecule has 0 aliphatic carbocycles. The van der Waals surface area contributed by atoms with Crippen molar-refractivity contribution in [1.82, 2.24) is 55.5 Å². The summed E-state index contributed by atoms with van der Waals surface area (Å²) in [6.45, 7) is 6.01. The minimum atomic E-state index is -0.680. The number of alkyl halides is 1. The summed E-state index contributed by atoms with van der Waals surface area (Å²) in [5.41, 5.74) is 21.4. The highest BCUT2D eigenvalue weighted by Gasteiger charge is 2.21. The van der Waals surface area contributed by atoms with Crippen molar-refractivity contribution in [2.24, 2.45) is 10.7 Å². The van der Waals surface area contributed by atoms with E-state index in [1.165, 1.54) is 25.4 Å². The molecular weight excluding hydrogens is 1420 g/mol. The van der Waals surface area contributed by atoms with Gasteiger partial charge in [-0.2, -0.15) is 20.2 Å². The molecule has 0 saturated carbocycles. The van der Waals surface area contributed by atoms with Crippen LogP contribution in [0.15, 0.2) is 176 Å². The number of rotatable bonds is 14. The summed E-state index contributed by atoms with van der Waals surface area (Å²) in [7, 11) is 1.35. The number of benzene rings is 5. The Morgan fingerprint density at radius 2 is 1.00 bits per heavy atom. The molecule has 0 fully saturated rings. The number of carbonyl (C=O) groups excluding carboxylic acids is 3. The number of hydrogen-bond donors (Lipinski definition) is 5. The zero-order valence-electron chi connectivity index (χ0n) is 57.5. The van der Waals surface area contributed by atoms with Crippen LogP contribution < -0.4 is 16.4 Å². The molecule has 0 spiro atoms. The van der Waals surface area contributed by atoms with Crippen LogP contribution in [0.1, 0.15) is 126 Å². The van der Waals surface area contributed by atoms with Crippen molar-refractivity contribution >= 4 is 119 Å². The van der Waals surface area contributed by atoms with Gasteiger partial charge in [0.1, 0.15) is 35.5 Å². The van der Waals surface area contributed by atoms with Crippen LogP contribution in [0.4, 0.5) is 18.9 Å². The Morgan fingerprint density at radius 1 is 0.551 bits per heavy atom. The second-order valence-corrected chi connectivity index (χ2v) is 26.3. The van der Waals surface area contributed by atoms with E-state index >= 15 is 0 Å². The van der Waals surface area contributed by atoms with Gasteiger partial charge in [0.15, 0.2) is 0 Å². The molecule has 530 valence electrons. The lowest BCUT2D eigenvalue weighted by Gasteiger charge is -2.09. The molecule has 1 aliphatic heterocycles. The fourth-order valence-corrected chi connectivity index (χ4v) is 12.7. The average molecular weight is 1480 g/mol. The standard InChI is InChI=1S/C27H19ClFN5O.C26H18ClFN6O.C19H15N3O2.C9H8ClFN2/c1-15-4-18-5-16(6-19(11-30)26(18)33-12-15)7-21-8-17(2-3-31-21)27(35)34-13-20-9-22-23(28)14-32-25(22)10-24(20)29;1-14-4-17-5-15(6-18(10-29)23(17)31-11-14)7-20-8-16(2-3-30-20)26(35)33-12-19-9-21-22(27)13-32-25(21)34-24(19)28;1-12-5-15-6-13(7-16(10-20)18(15)22-11-12)8-17-9-14(3-4-21-17)19(23)24-2;10-7-4-13-9-2-8(11)5(3-12)1-6(7)9/h2-6,8-10,12,14,32H,7,13H2,1H3,(H,34,35);2-6,8-9,11,13H,7,12H2,1H3,(H,32,34)(H,33,35);3-7,9,11H,8H2,1-2H3;1-2,4,7H,3,12H2. The molecule has 0 saturated heterocycles. The van der Waals surface area contributed by atoms with E-state index in [-0.39, 0.29) is 48.2 Å². The molecule has 6 N–H and O–H groups in total. The SMILES string of the molecule is COC(=O)c1ccnc(Cc2cc(C#N)c3ncc(C)cc3c2)c1.Cc1cnc2c(C#N)cc(Cc3cc(C(=O)NCc4cc5c(Cl)c[nH]c5cc4F)ccn3)cc2c1.Cc1cnc2c(C#N)cc(Cc3cc(C(=O)NCc4cc5c(Cl)c[nH]c5nc4F)ccn3)cc2c1.NCc1cc2c(cc1F)N=CC2Cl. The van der Waals surface area contributed by atoms with Gasteiger partial charge in [-0.1, -0.05) is 23.2 Å². The van der Waals surface area contributed by atoms with Crippen LogP contribution >= 0.6 is 34.8 Å². The predicted octanol–water partition coefficient (Wildman–Crippen LogP) is 16.1. The number of nitriles is 3. The fraction of sp³-hybridized carbons (Fsp3) is 0.136. The molecular formula is C81H60Cl3F3N16O4. The number of esters is 1. The number of nitrogens with one attached hydrogen (secondary N) is 4. The van der Waals surface area contributed by atoms with Crippen LogP contribution in [-0.4, -0.2) is 76.0 Å². The zero-order chi connectivity index (χ0) is 75.6. The molecule has 26 heteroatoms. The van der Waals surface area contributed by atoms with E-state index in [0.717, 1.165) is 60.8 Å². The number of nitrogens with zero attached hydrogens (tertiary/aromatic N) is 11. The van der Waals surface area contributed by atoms with Gasteiger partial charge in [-0.25, -0.2) is 18.6 Å². The second kappa shape index (κ2) is 32.9. The van der Waals surface area contributed by atoms with Gasteiger partial charge in [0.2, 0.25) is 5.95 Å². The molecule has 0 radical (unpaired) electrons. The minimum Gasteiger partial charge on any atom is -0.465 e. The molecule has 0 bridgehead atoms. The van der Waals surface area contributed by atoms with E-state index in [0.29, 0.717) is 129 Å². The molecule has 2 amide bonds. The Labute approximate surface area is 624 Å². The minimum absolute atomic E-state index is 0.0162. The lowest BCUT2D eigenvalue weighted by atomic mass is 10.0. The number of pyridine rings is 7. The van der Waals surface area contributed by atoms with E-state index in [1.54, 1.807) is 116 Å². The number of aryl methyl sites for hydroxylation is 3. The highest BCUT2D eigenvalue weighted by molar-refractivity contribution is 6.36. The Bertz CT molecular complexity index is 5780. The van der Waals surface area contributed by atoms with Gasteiger partial charge in [0, 0.05) is 184 Å². The van der Waals surface area contributed by atoms with Gasteiger partial charge < -0.3 is 31.1 Å². The van der Waals surface area contributed by atoms with Gasteiger partial charge in [0.05, 0.1) is 67.0 Å². The summed E-state index contributed by atoms with van der Waals surface area (Å²) in [6, 6.07) is 41.4. The topological polar surface area (TPSA) is 316 Å². The average Bonchev–Trinajstić information content (AvgIpc) is 1.68. The van der Waals surface area contributed by atoms with Crippen molar-refractivity contribution in [3.05, 3.63) is 305 Å². The Hall–Kier alpha value is -12.8. The number of hydrogen-bond acceptors (Lipinski definition) is 16. The number of amides is 2. The number of halogens is 6. The van der Waals surface area contributed by atoms with Crippen LogP contribution in [-0.2, 0) is 43.6 Å². The molecule has 107 heavy (non-hydrogen) atoms. The maximum Gasteiger partial charge on any atom is 0.337 e. The predicted molar refractivity (Wildman–Crippen MR) is 404 cm³/mol. The maximum absolute atomic E-state index is 14.4.